The summed E-state index contributed by atoms with van der Waals surface area (Å²) in [5.41, 5.74) is -2.16. The lowest BCUT2D eigenvalue weighted by Gasteiger charge is -2.65. The maximum absolute atomic E-state index is 11.9. The summed E-state index contributed by atoms with van der Waals surface area (Å²) in [5.74, 6) is 0.651. The minimum absolute atomic E-state index is 0.0439. The van der Waals surface area contributed by atoms with E-state index in [9.17, 15) is 33.4 Å². The molecular weight excluding hydrogens is 484 g/mol. The van der Waals surface area contributed by atoms with Crippen LogP contribution in [0.3, 0.4) is 0 Å². The van der Waals surface area contributed by atoms with E-state index < -0.39 is 39.7 Å². The fourth-order valence-electron chi connectivity index (χ4n) is 9.56. The van der Waals surface area contributed by atoms with Gasteiger partial charge in [-0.2, -0.15) is 8.42 Å². The Morgan fingerprint density at radius 3 is 2.39 bits per heavy atom. The third-order valence-corrected chi connectivity index (χ3v) is 12.0. The highest BCUT2D eigenvalue weighted by molar-refractivity contribution is 7.80. The highest BCUT2D eigenvalue weighted by atomic mass is 32.3. The Balaban J connectivity index is 1.64. The first-order valence-corrected chi connectivity index (χ1v) is 15.4. The molecule has 0 aromatic carbocycles. The van der Waals surface area contributed by atoms with Crippen LogP contribution in [0.1, 0.15) is 91.9 Å². The second kappa shape index (κ2) is 10.0. The van der Waals surface area contributed by atoms with Crippen molar-refractivity contribution in [3.05, 3.63) is 0 Å². The van der Waals surface area contributed by atoms with Crippen LogP contribution in [0.4, 0.5) is 0 Å². The quantitative estimate of drug-likeness (QED) is 0.299. The molecule has 0 heterocycles. The van der Waals surface area contributed by atoms with Crippen LogP contribution in [0.15, 0.2) is 0 Å². The predicted molar refractivity (Wildman–Crippen MR) is 135 cm³/mol. The van der Waals surface area contributed by atoms with Crippen molar-refractivity contribution in [3.8, 4) is 0 Å². The van der Waals surface area contributed by atoms with Gasteiger partial charge < -0.3 is 20.4 Å². The van der Waals surface area contributed by atoms with Crippen LogP contribution in [0.2, 0.25) is 0 Å². The third kappa shape index (κ3) is 4.80. The lowest BCUT2D eigenvalue weighted by molar-refractivity contribution is -0.267. The highest BCUT2D eigenvalue weighted by Gasteiger charge is 2.69. The van der Waals surface area contributed by atoms with Gasteiger partial charge in [0.2, 0.25) is 0 Å². The van der Waals surface area contributed by atoms with Gasteiger partial charge in [-0.25, -0.2) is 4.18 Å². The molecule has 4 rings (SSSR count). The number of fused-ring (bicyclic) bond motifs is 5. The predicted octanol–water partition coefficient (Wildman–Crippen LogP) is 3.32. The lowest BCUT2D eigenvalue weighted by Crippen LogP contribution is -2.69. The zero-order valence-corrected chi connectivity index (χ0v) is 23.2. The van der Waals surface area contributed by atoms with E-state index in [4.69, 9.17) is 4.18 Å². The molecule has 4 saturated carbocycles. The van der Waals surface area contributed by atoms with Crippen molar-refractivity contribution in [2.75, 3.05) is 6.61 Å². The average Bonchev–Trinajstić information content (AvgIpc) is 3.06. The van der Waals surface area contributed by atoms with E-state index in [0.29, 0.717) is 31.6 Å². The van der Waals surface area contributed by atoms with Crippen LogP contribution in [0.5, 0.6) is 0 Å². The summed E-state index contributed by atoms with van der Waals surface area (Å²) in [6, 6.07) is 0. The number of aliphatic hydroxyl groups excluding tert-OH is 3. The normalized spacial score (nSPS) is 48.5. The standard InChI is InChI=1S/C27H48O8S/c1-16(15-28)6-5-7-17(2)21-13-22(35-36(32,33)34)24-19-12-23(30)27(31)14-18(29)8-11-26(27,4)20(19)9-10-25(21,24)3/h16-24,28-31H,5-15H2,1-4H3,(H,32,33,34)/t16-,17+,18-,19?,20?,21+,22-,23+,24?,25+,26+,27-/m0/s1. The summed E-state index contributed by atoms with van der Waals surface area (Å²) >= 11 is 0. The van der Waals surface area contributed by atoms with E-state index in [-0.39, 0.29) is 48.0 Å². The van der Waals surface area contributed by atoms with E-state index in [1.165, 1.54) is 0 Å². The topological polar surface area (TPSA) is 145 Å². The molecule has 0 bridgehead atoms. The van der Waals surface area contributed by atoms with E-state index in [1.54, 1.807) is 0 Å². The van der Waals surface area contributed by atoms with Crippen LogP contribution >= 0.6 is 0 Å². The molecule has 5 N–H and O–H groups in total. The summed E-state index contributed by atoms with van der Waals surface area (Å²) in [6.45, 7) is 8.71. The van der Waals surface area contributed by atoms with Crippen molar-refractivity contribution in [1.82, 2.24) is 0 Å². The Morgan fingerprint density at radius 2 is 1.75 bits per heavy atom. The van der Waals surface area contributed by atoms with Crippen LogP contribution in [-0.2, 0) is 14.6 Å². The monoisotopic (exact) mass is 532 g/mol. The summed E-state index contributed by atoms with van der Waals surface area (Å²) < 4.78 is 38.9. The van der Waals surface area contributed by atoms with Crippen molar-refractivity contribution < 1.29 is 37.6 Å². The highest BCUT2D eigenvalue weighted by Crippen LogP contribution is 2.69. The maximum atomic E-state index is 11.9. The van der Waals surface area contributed by atoms with Gasteiger partial charge in [0.1, 0.15) is 0 Å². The molecule has 3 unspecified atom stereocenters. The molecule has 9 heteroatoms. The van der Waals surface area contributed by atoms with Gasteiger partial charge in [-0.3, -0.25) is 4.55 Å². The molecule has 210 valence electrons. The van der Waals surface area contributed by atoms with Crippen LogP contribution in [-0.4, -0.2) is 63.9 Å². The number of hydrogen-bond acceptors (Lipinski definition) is 7. The summed E-state index contributed by atoms with van der Waals surface area (Å²) in [7, 11) is -4.65. The van der Waals surface area contributed by atoms with Gasteiger partial charge in [0, 0.05) is 18.4 Å². The van der Waals surface area contributed by atoms with Crippen LogP contribution in [0.25, 0.3) is 0 Å². The van der Waals surface area contributed by atoms with E-state index in [2.05, 4.69) is 13.8 Å². The Hall–Kier alpha value is -0.290. The summed E-state index contributed by atoms with van der Waals surface area (Å²) in [6.07, 6.45) is 4.56. The maximum Gasteiger partial charge on any atom is 0.397 e. The van der Waals surface area contributed by atoms with Crippen molar-refractivity contribution in [2.45, 2.75) is 116 Å². The van der Waals surface area contributed by atoms with Gasteiger partial charge >= 0.3 is 10.4 Å². The van der Waals surface area contributed by atoms with Crippen molar-refractivity contribution in [2.24, 2.45) is 46.3 Å². The summed E-state index contributed by atoms with van der Waals surface area (Å²) in [5, 5.41) is 42.7. The van der Waals surface area contributed by atoms with Gasteiger partial charge in [0.25, 0.3) is 0 Å². The molecule has 0 aromatic rings. The molecule has 0 aromatic heterocycles. The Labute approximate surface area is 216 Å². The zero-order chi connectivity index (χ0) is 26.7. The average molecular weight is 533 g/mol. The minimum atomic E-state index is -4.65. The van der Waals surface area contributed by atoms with E-state index in [0.717, 1.165) is 32.1 Å². The Kier molecular flexibility index (Phi) is 8.00. The van der Waals surface area contributed by atoms with Crippen LogP contribution < -0.4 is 0 Å². The molecule has 4 aliphatic carbocycles. The molecule has 0 aliphatic heterocycles. The number of aliphatic hydroxyl groups is 4. The first-order chi connectivity index (χ1) is 16.7. The first-order valence-electron chi connectivity index (χ1n) is 14.0. The third-order valence-electron chi connectivity index (χ3n) is 11.5. The number of hydrogen-bond donors (Lipinski definition) is 5. The van der Waals surface area contributed by atoms with Gasteiger partial charge in [-0.15, -0.1) is 0 Å². The molecule has 36 heavy (non-hydrogen) atoms. The fourth-order valence-corrected chi connectivity index (χ4v) is 10.1. The molecular formula is C27H48O8S. The molecule has 0 radical (unpaired) electrons. The summed E-state index contributed by atoms with van der Waals surface area (Å²) in [4.78, 5) is 0. The van der Waals surface area contributed by atoms with E-state index in [1.807, 2.05) is 13.8 Å². The zero-order valence-electron chi connectivity index (χ0n) is 22.3. The molecule has 0 amide bonds. The molecule has 0 spiro atoms. The van der Waals surface area contributed by atoms with Gasteiger partial charge in [0.05, 0.1) is 23.9 Å². The van der Waals surface area contributed by atoms with Gasteiger partial charge in [0.15, 0.2) is 0 Å². The van der Waals surface area contributed by atoms with E-state index >= 15 is 0 Å². The lowest BCUT2D eigenvalue weighted by atomic mass is 9.42. The second-order valence-corrected chi connectivity index (χ2v) is 14.5. The van der Waals surface area contributed by atoms with Crippen molar-refractivity contribution in [1.29, 1.82) is 0 Å². The Bertz CT molecular complexity index is 896. The molecule has 0 saturated heterocycles. The second-order valence-electron chi connectivity index (χ2n) is 13.4. The molecule has 4 fully saturated rings. The number of rotatable bonds is 8. The SMILES string of the molecule is C[C@H](CO)CCC[C@@H](C)[C@H]1C[C@H](OS(=O)(=O)O)C2C3C[C@@H](O)[C@@]4(O)C[C@@H](O)CC[C@]4(C)C3CC[C@@]21C. The largest absolute Gasteiger partial charge is 0.397 e. The Morgan fingerprint density at radius 1 is 1.06 bits per heavy atom. The first kappa shape index (κ1) is 28.7. The van der Waals surface area contributed by atoms with Gasteiger partial charge in [-0.05, 0) is 85.9 Å². The smallest absolute Gasteiger partial charge is 0.396 e. The molecule has 4 aliphatic rings. The van der Waals surface area contributed by atoms with Crippen molar-refractivity contribution in [3.63, 3.8) is 0 Å². The van der Waals surface area contributed by atoms with Crippen molar-refractivity contribution >= 4 is 10.4 Å². The minimum Gasteiger partial charge on any atom is -0.396 e. The molecule has 8 nitrogen and oxygen atoms in total. The molecule has 12 atom stereocenters. The van der Waals surface area contributed by atoms with Gasteiger partial charge in [-0.1, -0.05) is 40.5 Å². The van der Waals surface area contributed by atoms with Crippen LogP contribution in [0, 0.1) is 46.3 Å². The fraction of sp³-hybridized carbons (Fsp3) is 1.00.